The third kappa shape index (κ3) is 4.95. The van der Waals surface area contributed by atoms with Crippen molar-refractivity contribution in [3.05, 3.63) is 62.5 Å². The summed E-state index contributed by atoms with van der Waals surface area (Å²) in [6, 6.07) is 9.80. The van der Waals surface area contributed by atoms with Crippen LogP contribution in [-0.2, 0) is 11.2 Å². The lowest BCUT2D eigenvalue weighted by Crippen LogP contribution is -2.16. The predicted molar refractivity (Wildman–Crippen MR) is 141 cm³/mol. The molecule has 0 aliphatic rings. The lowest BCUT2D eigenvalue weighted by atomic mass is 9.98. The van der Waals surface area contributed by atoms with E-state index in [1.165, 1.54) is 11.8 Å². The fourth-order valence-corrected chi connectivity index (χ4v) is 5.69. The van der Waals surface area contributed by atoms with Crippen molar-refractivity contribution in [2.45, 2.75) is 52.6 Å². The molecule has 0 radical (unpaired) electrons. The summed E-state index contributed by atoms with van der Waals surface area (Å²) in [6.45, 7) is 10.2. The first-order valence-corrected chi connectivity index (χ1v) is 13.1. The second-order valence-electron chi connectivity index (χ2n) is 8.54. The molecule has 3 aromatic heterocycles. The van der Waals surface area contributed by atoms with Gasteiger partial charge in [0.25, 0.3) is 5.56 Å². The second-order valence-corrected chi connectivity index (χ2v) is 10.7. The van der Waals surface area contributed by atoms with Gasteiger partial charge in [0.05, 0.1) is 33.9 Å². The maximum absolute atomic E-state index is 12.9. The summed E-state index contributed by atoms with van der Waals surface area (Å²) in [5.41, 5.74) is 4.21. The summed E-state index contributed by atoms with van der Waals surface area (Å²) in [4.78, 5) is 34.9. The third-order valence-corrected chi connectivity index (χ3v) is 7.90. The zero-order valence-corrected chi connectivity index (χ0v) is 21.7. The summed E-state index contributed by atoms with van der Waals surface area (Å²) >= 11 is 2.77. The first-order chi connectivity index (χ1) is 16.3. The number of carbonyl (C=O) groups excluding carboxylic acids is 1. The molecule has 0 fully saturated rings. The van der Waals surface area contributed by atoms with Gasteiger partial charge in [0.1, 0.15) is 4.83 Å². The minimum Gasteiger partial charge on any atom is -0.322 e. The van der Waals surface area contributed by atoms with E-state index in [-0.39, 0.29) is 17.2 Å². The molecule has 7 nitrogen and oxygen atoms in total. The molecule has 0 unspecified atom stereocenters. The van der Waals surface area contributed by atoms with Crippen molar-refractivity contribution in [1.29, 1.82) is 0 Å². The van der Waals surface area contributed by atoms with Gasteiger partial charge in [0.15, 0.2) is 5.16 Å². The van der Waals surface area contributed by atoms with Crippen molar-refractivity contribution >= 4 is 44.9 Å². The third-order valence-electron chi connectivity index (χ3n) is 5.99. The quantitative estimate of drug-likeness (QED) is 0.252. The number of nitrogens with zero attached hydrogens (tertiary/aromatic N) is 3. The van der Waals surface area contributed by atoms with Crippen molar-refractivity contribution < 1.29 is 4.79 Å². The van der Waals surface area contributed by atoms with E-state index < -0.39 is 0 Å². The molecule has 0 saturated carbocycles. The Morgan fingerprint density at radius 2 is 1.97 bits per heavy atom. The van der Waals surface area contributed by atoms with E-state index in [1.54, 1.807) is 11.3 Å². The number of nitrogens with one attached hydrogen (secondary N) is 2. The van der Waals surface area contributed by atoms with E-state index in [2.05, 4.69) is 34.2 Å². The zero-order chi connectivity index (χ0) is 24.4. The number of thiophene rings is 1. The van der Waals surface area contributed by atoms with Gasteiger partial charge < -0.3 is 10.3 Å². The molecule has 3 heterocycles. The van der Waals surface area contributed by atoms with Crippen LogP contribution in [-0.4, -0.2) is 31.4 Å². The Kier molecular flexibility index (Phi) is 7.23. The van der Waals surface area contributed by atoms with Gasteiger partial charge in [-0.15, -0.1) is 11.3 Å². The van der Waals surface area contributed by atoms with Crippen molar-refractivity contribution in [3.63, 3.8) is 0 Å². The number of para-hydroxylation sites is 1. The molecule has 0 aliphatic heterocycles. The molecule has 4 aromatic rings. The summed E-state index contributed by atoms with van der Waals surface area (Å²) in [7, 11) is 0. The molecule has 178 valence electrons. The number of H-pyrrole nitrogens is 1. The molecule has 34 heavy (non-hydrogen) atoms. The van der Waals surface area contributed by atoms with E-state index in [9.17, 15) is 9.59 Å². The Morgan fingerprint density at radius 1 is 1.24 bits per heavy atom. The normalized spacial score (nSPS) is 12.3. The monoisotopic (exact) mass is 495 g/mol. The Morgan fingerprint density at radius 3 is 2.68 bits per heavy atom. The Labute approximate surface area is 207 Å². The number of carbonyl (C=O) groups is 1. The fraction of sp³-hybridized carbons (Fsp3) is 0.360. The maximum atomic E-state index is 12.9. The number of aromatic nitrogens is 4. The number of hydrogen-bond acceptors (Lipinski definition) is 6. The molecule has 4 rings (SSSR count). The van der Waals surface area contributed by atoms with E-state index >= 15 is 0 Å². The minimum absolute atomic E-state index is 0.133. The number of hydrogen-bond donors (Lipinski definition) is 2. The van der Waals surface area contributed by atoms with E-state index in [0.29, 0.717) is 22.1 Å². The van der Waals surface area contributed by atoms with Gasteiger partial charge in [-0.05, 0) is 50.8 Å². The molecule has 1 aromatic carbocycles. The average molecular weight is 496 g/mol. The summed E-state index contributed by atoms with van der Waals surface area (Å²) in [6.07, 6.45) is 1.94. The molecule has 0 saturated heterocycles. The Hall–Kier alpha value is -2.91. The molecular formula is C25H29N5O2S2. The molecule has 0 aliphatic carbocycles. The average Bonchev–Trinajstić information content (AvgIpc) is 3.28. The second kappa shape index (κ2) is 10.1. The van der Waals surface area contributed by atoms with Crippen LogP contribution in [0, 0.1) is 26.7 Å². The minimum atomic E-state index is -0.175. The van der Waals surface area contributed by atoms with Crippen molar-refractivity contribution in [2.24, 2.45) is 5.92 Å². The first kappa shape index (κ1) is 24.2. The van der Waals surface area contributed by atoms with Gasteiger partial charge in [0, 0.05) is 4.88 Å². The van der Waals surface area contributed by atoms with E-state index in [0.717, 1.165) is 45.2 Å². The lowest BCUT2D eigenvalue weighted by molar-refractivity contribution is -0.113. The van der Waals surface area contributed by atoms with E-state index in [4.69, 9.17) is 0 Å². The smallest absolute Gasteiger partial charge is 0.260 e. The molecule has 1 atom stereocenters. The van der Waals surface area contributed by atoms with Crippen LogP contribution < -0.4 is 10.9 Å². The number of amides is 1. The van der Waals surface area contributed by atoms with Crippen LogP contribution in [0.4, 0.5) is 5.69 Å². The topological polar surface area (TPSA) is 92.7 Å². The molecule has 2 N–H and O–H groups in total. The number of thioether (sulfide) groups is 1. The van der Waals surface area contributed by atoms with E-state index in [1.807, 2.05) is 55.8 Å². The number of aryl methyl sites for hydroxylation is 2. The standard InChI is InChI=1S/C25H29N5O2S2/c1-6-14(2)12-19-17(5)34-24-21(19)23(32)27-25(28-24)33-13-20(31)26-22-15(3)29-30(16(22)4)18-10-8-7-9-11-18/h7-11,14H,6,12-13H2,1-5H3,(H,26,31)(H,27,28,32)/t14-/m1/s1. The van der Waals surface area contributed by atoms with Gasteiger partial charge in [-0.2, -0.15) is 5.10 Å². The Bertz CT molecular complexity index is 1390. The van der Waals surface area contributed by atoms with Gasteiger partial charge >= 0.3 is 0 Å². The van der Waals surface area contributed by atoms with Crippen molar-refractivity contribution in [2.75, 3.05) is 11.1 Å². The van der Waals surface area contributed by atoms with Crippen LogP contribution in [0.25, 0.3) is 15.9 Å². The zero-order valence-electron chi connectivity index (χ0n) is 20.1. The highest BCUT2D eigenvalue weighted by molar-refractivity contribution is 7.99. The van der Waals surface area contributed by atoms with Crippen molar-refractivity contribution in [1.82, 2.24) is 19.7 Å². The summed E-state index contributed by atoms with van der Waals surface area (Å²) in [5, 5.41) is 8.69. The van der Waals surface area contributed by atoms with Gasteiger partial charge in [-0.3, -0.25) is 9.59 Å². The number of anilines is 1. The van der Waals surface area contributed by atoms with Crippen LogP contribution in [0.2, 0.25) is 0 Å². The number of aromatic amines is 1. The predicted octanol–water partition coefficient (Wildman–Crippen LogP) is 5.41. The fourth-order valence-electron chi connectivity index (χ4n) is 3.92. The molecule has 9 heteroatoms. The maximum Gasteiger partial charge on any atom is 0.260 e. The molecule has 0 bridgehead atoms. The summed E-state index contributed by atoms with van der Waals surface area (Å²) in [5.74, 6) is 0.465. The Balaban J connectivity index is 1.48. The highest BCUT2D eigenvalue weighted by Gasteiger charge is 2.18. The molecule has 0 spiro atoms. The van der Waals surface area contributed by atoms with Gasteiger partial charge in [-0.1, -0.05) is 50.2 Å². The lowest BCUT2D eigenvalue weighted by Gasteiger charge is -2.08. The van der Waals surface area contributed by atoms with Crippen LogP contribution in [0.3, 0.4) is 0 Å². The van der Waals surface area contributed by atoms with Crippen molar-refractivity contribution in [3.8, 4) is 5.69 Å². The SMILES string of the molecule is CC[C@@H](C)Cc1c(C)sc2nc(SCC(=O)Nc3c(C)nn(-c4ccccc4)c3C)[nH]c(=O)c12. The highest BCUT2D eigenvalue weighted by Crippen LogP contribution is 2.30. The number of fused-ring (bicyclic) bond motifs is 1. The largest absolute Gasteiger partial charge is 0.322 e. The number of benzene rings is 1. The van der Waals surface area contributed by atoms with Crippen LogP contribution in [0.1, 0.15) is 42.1 Å². The molecule has 1 amide bonds. The van der Waals surface area contributed by atoms with Crippen LogP contribution in [0.15, 0.2) is 40.3 Å². The highest BCUT2D eigenvalue weighted by atomic mass is 32.2. The number of rotatable bonds is 8. The first-order valence-electron chi connectivity index (χ1n) is 11.3. The molecular weight excluding hydrogens is 466 g/mol. The van der Waals surface area contributed by atoms with Crippen LogP contribution in [0.5, 0.6) is 0 Å². The van der Waals surface area contributed by atoms with Gasteiger partial charge in [-0.25, -0.2) is 9.67 Å². The van der Waals surface area contributed by atoms with Gasteiger partial charge in [0.2, 0.25) is 5.91 Å². The summed E-state index contributed by atoms with van der Waals surface area (Å²) < 4.78 is 1.82. The van der Waals surface area contributed by atoms with Crippen LogP contribution >= 0.6 is 23.1 Å².